The minimum Gasteiger partial charge on any atom is -0.439 e. The summed E-state index contributed by atoms with van der Waals surface area (Å²) in [5.74, 6) is 0.719. The van der Waals surface area contributed by atoms with E-state index in [0.717, 1.165) is 0 Å². The number of nitro groups is 1. The van der Waals surface area contributed by atoms with Gasteiger partial charge in [0.05, 0.1) is 22.6 Å². The van der Waals surface area contributed by atoms with E-state index in [2.05, 4.69) is 4.98 Å². The molecule has 0 spiro atoms. The lowest BCUT2D eigenvalue weighted by Gasteiger charge is -1.99. The third-order valence-corrected chi connectivity index (χ3v) is 2.55. The Morgan fingerprint density at radius 1 is 1.47 bits per heavy atom. The molecule has 1 aromatic carbocycles. The summed E-state index contributed by atoms with van der Waals surface area (Å²) >= 11 is 11.3. The Morgan fingerprint density at radius 2 is 2.24 bits per heavy atom. The molecule has 0 atom stereocenters. The van der Waals surface area contributed by atoms with Gasteiger partial charge in [-0.3, -0.25) is 10.1 Å². The van der Waals surface area contributed by atoms with Gasteiger partial charge in [-0.05, 0) is 12.1 Å². The van der Waals surface area contributed by atoms with Crippen molar-refractivity contribution in [3.8, 4) is 11.3 Å². The molecule has 0 unspecified atom stereocenters. The maximum Gasteiger partial charge on any atom is 0.281 e. The zero-order valence-corrected chi connectivity index (χ0v) is 9.90. The first-order valence-electron chi connectivity index (χ1n) is 4.57. The van der Waals surface area contributed by atoms with Crippen molar-refractivity contribution in [1.29, 1.82) is 0 Å². The van der Waals surface area contributed by atoms with Crippen LogP contribution < -0.4 is 0 Å². The van der Waals surface area contributed by atoms with Crippen LogP contribution in [0, 0.1) is 10.1 Å². The first kappa shape index (κ1) is 11.9. The lowest BCUT2D eigenvalue weighted by molar-refractivity contribution is -0.384. The molecule has 5 nitrogen and oxygen atoms in total. The predicted octanol–water partition coefficient (Wildman–Crippen LogP) is 3.64. The number of hydrogen-bond acceptors (Lipinski definition) is 4. The molecule has 88 valence electrons. The molecule has 0 bridgehead atoms. The van der Waals surface area contributed by atoms with E-state index >= 15 is 0 Å². The van der Waals surface area contributed by atoms with Crippen LogP contribution in [0.25, 0.3) is 11.3 Å². The van der Waals surface area contributed by atoms with E-state index in [1.54, 1.807) is 6.07 Å². The third-order valence-electron chi connectivity index (χ3n) is 2.09. The van der Waals surface area contributed by atoms with E-state index in [0.29, 0.717) is 17.2 Å². The largest absolute Gasteiger partial charge is 0.439 e. The fourth-order valence-electron chi connectivity index (χ4n) is 1.36. The molecule has 0 aliphatic carbocycles. The monoisotopic (exact) mass is 272 g/mol. The Kier molecular flexibility index (Phi) is 3.31. The Hall–Kier alpha value is -1.59. The molecule has 2 aromatic rings. The summed E-state index contributed by atoms with van der Waals surface area (Å²) in [6.07, 6.45) is 1.40. The molecule has 17 heavy (non-hydrogen) atoms. The highest BCUT2D eigenvalue weighted by Gasteiger charge is 2.19. The molecule has 0 radical (unpaired) electrons. The van der Waals surface area contributed by atoms with Gasteiger partial charge in [0.15, 0.2) is 5.76 Å². The zero-order valence-electron chi connectivity index (χ0n) is 8.39. The first-order valence-corrected chi connectivity index (χ1v) is 5.48. The minimum atomic E-state index is -0.524. The molecule has 0 amide bonds. The molecule has 2 rings (SSSR count). The highest BCUT2D eigenvalue weighted by molar-refractivity contribution is 6.30. The molecule has 0 N–H and O–H groups in total. The number of rotatable bonds is 3. The van der Waals surface area contributed by atoms with Crippen LogP contribution in [0.2, 0.25) is 5.02 Å². The van der Waals surface area contributed by atoms with Gasteiger partial charge in [0.1, 0.15) is 0 Å². The quantitative estimate of drug-likeness (QED) is 0.486. The molecule has 1 aromatic heterocycles. The lowest BCUT2D eigenvalue weighted by atomic mass is 10.1. The highest BCUT2D eigenvalue weighted by atomic mass is 35.5. The normalized spacial score (nSPS) is 10.5. The standard InChI is InChI=1S/C10H6Cl2N2O3/c11-4-10-13-5-9(17-10)7-2-1-6(12)3-8(7)14(15)16/h1-3,5H,4H2. The average Bonchev–Trinajstić information content (AvgIpc) is 2.77. The molecule has 0 aliphatic heterocycles. The van der Waals surface area contributed by atoms with Crippen molar-refractivity contribution < 1.29 is 9.34 Å². The van der Waals surface area contributed by atoms with Gasteiger partial charge in [0.2, 0.25) is 5.89 Å². The number of aromatic nitrogens is 1. The molecular formula is C10H6Cl2N2O3. The number of hydrogen-bond donors (Lipinski definition) is 0. The van der Waals surface area contributed by atoms with E-state index in [1.165, 1.54) is 18.3 Å². The smallest absolute Gasteiger partial charge is 0.281 e. The number of nitro benzene ring substituents is 1. The van der Waals surface area contributed by atoms with Crippen LogP contribution in [-0.4, -0.2) is 9.91 Å². The number of halogens is 2. The summed E-state index contributed by atoms with van der Waals surface area (Å²) < 4.78 is 5.26. The number of nitrogens with zero attached hydrogens (tertiary/aromatic N) is 2. The topological polar surface area (TPSA) is 69.2 Å². The predicted molar refractivity (Wildman–Crippen MR) is 63.2 cm³/mol. The summed E-state index contributed by atoms with van der Waals surface area (Å²) in [6, 6.07) is 4.32. The van der Waals surface area contributed by atoms with E-state index in [-0.39, 0.29) is 16.6 Å². The molecular weight excluding hydrogens is 267 g/mol. The van der Waals surface area contributed by atoms with Crippen LogP contribution in [-0.2, 0) is 5.88 Å². The average molecular weight is 273 g/mol. The molecule has 0 saturated carbocycles. The Labute approximate surface area is 106 Å². The van der Waals surface area contributed by atoms with Gasteiger partial charge in [-0.2, -0.15) is 0 Å². The second-order valence-corrected chi connectivity index (χ2v) is 3.87. The summed E-state index contributed by atoms with van der Waals surface area (Å²) in [4.78, 5) is 14.2. The highest BCUT2D eigenvalue weighted by Crippen LogP contribution is 2.32. The van der Waals surface area contributed by atoms with Gasteiger partial charge in [0, 0.05) is 11.1 Å². The van der Waals surface area contributed by atoms with Crippen molar-refractivity contribution in [3.63, 3.8) is 0 Å². The van der Waals surface area contributed by atoms with E-state index in [1.807, 2.05) is 0 Å². The summed E-state index contributed by atoms with van der Waals surface area (Å²) in [5, 5.41) is 11.2. The van der Waals surface area contributed by atoms with Crippen LogP contribution >= 0.6 is 23.2 Å². The maximum atomic E-state index is 10.9. The third kappa shape index (κ3) is 2.40. The molecule has 0 aliphatic rings. The number of oxazole rings is 1. The lowest BCUT2D eigenvalue weighted by Crippen LogP contribution is -1.91. The summed E-state index contributed by atoms with van der Waals surface area (Å²) in [5.41, 5.74) is 0.193. The van der Waals surface area contributed by atoms with Crippen LogP contribution in [0.3, 0.4) is 0 Å². The van der Waals surface area contributed by atoms with E-state index < -0.39 is 4.92 Å². The molecule has 7 heteroatoms. The van der Waals surface area contributed by atoms with Gasteiger partial charge < -0.3 is 4.42 Å². The maximum absolute atomic E-state index is 10.9. The fourth-order valence-corrected chi connectivity index (χ4v) is 1.65. The Bertz CT molecular complexity index is 568. The summed E-state index contributed by atoms with van der Waals surface area (Å²) in [6.45, 7) is 0. The minimum absolute atomic E-state index is 0.112. The van der Waals surface area contributed by atoms with Crippen molar-refractivity contribution in [2.24, 2.45) is 0 Å². The molecule has 0 saturated heterocycles. The fraction of sp³-hybridized carbons (Fsp3) is 0.100. The molecule has 1 heterocycles. The van der Waals surface area contributed by atoms with E-state index in [9.17, 15) is 10.1 Å². The molecule has 0 fully saturated rings. The van der Waals surface area contributed by atoms with Crippen molar-refractivity contribution in [2.75, 3.05) is 0 Å². The van der Waals surface area contributed by atoms with Crippen molar-refractivity contribution in [3.05, 3.63) is 45.4 Å². The van der Waals surface area contributed by atoms with Crippen molar-refractivity contribution >= 4 is 28.9 Å². The van der Waals surface area contributed by atoms with Crippen molar-refractivity contribution in [1.82, 2.24) is 4.98 Å². The van der Waals surface area contributed by atoms with Crippen LogP contribution in [0.1, 0.15) is 5.89 Å². The number of alkyl halides is 1. The SMILES string of the molecule is O=[N+]([O-])c1cc(Cl)ccc1-c1cnc(CCl)o1. The summed E-state index contributed by atoms with van der Waals surface area (Å²) in [7, 11) is 0. The second kappa shape index (κ2) is 4.73. The van der Waals surface area contributed by atoms with Crippen molar-refractivity contribution in [2.45, 2.75) is 5.88 Å². The zero-order chi connectivity index (χ0) is 12.4. The van der Waals surface area contributed by atoms with Gasteiger partial charge in [-0.15, -0.1) is 11.6 Å². The first-order chi connectivity index (χ1) is 8.11. The Balaban J connectivity index is 2.54. The van der Waals surface area contributed by atoms with Crippen LogP contribution in [0.5, 0.6) is 0 Å². The van der Waals surface area contributed by atoms with E-state index in [4.69, 9.17) is 27.6 Å². The second-order valence-electron chi connectivity index (χ2n) is 3.17. The van der Waals surface area contributed by atoms with Gasteiger partial charge in [0.25, 0.3) is 5.69 Å². The van der Waals surface area contributed by atoms with Gasteiger partial charge in [-0.1, -0.05) is 11.6 Å². The number of benzene rings is 1. The van der Waals surface area contributed by atoms with Crippen LogP contribution in [0.15, 0.2) is 28.8 Å². The van der Waals surface area contributed by atoms with Gasteiger partial charge >= 0.3 is 0 Å². The van der Waals surface area contributed by atoms with Crippen LogP contribution in [0.4, 0.5) is 5.69 Å². The van der Waals surface area contributed by atoms with Gasteiger partial charge in [-0.25, -0.2) is 4.98 Å². The Morgan fingerprint density at radius 3 is 2.82 bits per heavy atom.